The molecule has 12 aromatic rings. The minimum absolute atomic E-state index is 1.24. The highest BCUT2D eigenvalue weighted by Gasteiger charge is 2.19. The lowest BCUT2D eigenvalue weighted by atomic mass is 9.85. The van der Waals surface area contributed by atoms with Crippen LogP contribution in [0, 0.1) is 0 Å². The lowest BCUT2D eigenvalue weighted by Gasteiger charge is -2.18. The van der Waals surface area contributed by atoms with Gasteiger partial charge < -0.3 is 0 Å². The largest absolute Gasteiger partial charge is 0.135 e. The van der Waals surface area contributed by atoms with Crippen LogP contribution in [0.15, 0.2) is 182 Å². The molecule has 2 aromatic heterocycles. The second-order valence-corrected chi connectivity index (χ2v) is 16.5. The zero-order chi connectivity index (χ0) is 35.3. The first kappa shape index (κ1) is 30.2. The highest BCUT2D eigenvalue weighted by atomic mass is 32.1. The smallest absolute Gasteiger partial charge is 0.0448 e. The molecule has 0 aliphatic carbocycles. The van der Waals surface area contributed by atoms with Crippen molar-refractivity contribution in [1.29, 1.82) is 0 Å². The van der Waals surface area contributed by atoms with Gasteiger partial charge in [0.2, 0.25) is 0 Å². The average Bonchev–Trinajstić information content (AvgIpc) is 3.81. The molecule has 0 saturated carbocycles. The summed E-state index contributed by atoms with van der Waals surface area (Å²) >= 11 is 3.85. The van der Waals surface area contributed by atoms with Gasteiger partial charge in [0.25, 0.3) is 0 Å². The Kier molecular flexibility index (Phi) is 6.48. The molecular formula is C52H30S2. The summed E-state index contributed by atoms with van der Waals surface area (Å²) < 4.78 is 5.45. The quantitative estimate of drug-likeness (QED) is 0.160. The molecule has 12 rings (SSSR count). The predicted octanol–water partition coefficient (Wildman–Crippen LogP) is 16.0. The van der Waals surface area contributed by atoms with E-state index in [0.29, 0.717) is 0 Å². The lowest BCUT2D eigenvalue weighted by Crippen LogP contribution is -1.91. The van der Waals surface area contributed by atoms with Crippen LogP contribution in [0.1, 0.15) is 0 Å². The third kappa shape index (κ3) is 4.36. The van der Waals surface area contributed by atoms with Gasteiger partial charge in [-0.25, -0.2) is 0 Å². The van der Waals surface area contributed by atoms with E-state index in [2.05, 4.69) is 182 Å². The van der Waals surface area contributed by atoms with E-state index in [4.69, 9.17) is 0 Å². The Morgan fingerprint density at radius 3 is 1.54 bits per heavy atom. The van der Waals surface area contributed by atoms with Crippen molar-refractivity contribution in [2.24, 2.45) is 0 Å². The van der Waals surface area contributed by atoms with Crippen molar-refractivity contribution < 1.29 is 0 Å². The molecule has 0 N–H and O–H groups in total. The third-order valence-corrected chi connectivity index (χ3v) is 13.7. The van der Waals surface area contributed by atoms with Gasteiger partial charge in [-0.2, -0.15) is 0 Å². The van der Waals surface area contributed by atoms with E-state index < -0.39 is 0 Å². The fourth-order valence-electron chi connectivity index (χ4n) is 9.06. The summed E-state index contributed by atoms with van der Waals surface area (Å²) in [7, 11) is 0. The van der Waals surface area contributed by atoms with Crippen LogP contribution in [-0.4, -0.2) is 0 Å². The first-order chi connectivity index (χ1) is 26.8. The number of hydrogen-bond acceptors (Lipinski definition) is 2. The number of thiophene rings is 2. The molecule has 0 atom stereocenters. The number of hydrogen-bond donors (Lipinski definition) is 0. The van der Waals surface area contributed by atoms with Crippen LogP contribution in [0.4, 0.5) is 0 Å². The van der Waals surface area contributed by atoms with Gasteiger partial charge in [-0.15, -0.1) is 22.7 Å². The van der Waals surface area contributed by atoms with Crippen LogP contribution < -0.4 is 0 Å². The molecule has 54 heavy (non-hydrogen) atoms. The summed E-state index contributed by atoms with van der Waals surface area (Å²) in [6, 6.07) is 67.7. The minimum Gasteiger partial charge on any atom is -0.135 e. The van der Waals surface area contributed by atoms with Crippen LogP contribution in [0.5, 0.6) is 0 Å². The van der Waals surface area contributed by atoms with E-state index in [1.165, 1.54) is 117 Å². The molecule has 2 heteroatoms. The van der Waals surface area contributed by atoms with Crippen molar-refractivity contribution >= 4 is 106 Å². The first-order valence-electron chi connectivity index (χ1n) is 18.5. The monoisotopic (exact) mass is 718 g/mol. The molecule has 0 aliphatic rings. The van der Waals surface area contributed by atoms with Gasteiger partial charge in [-0.1, -0.05) is 152 Å². The van der Waals surface area contributed by atoms with Crippen molar-refractivity contribution in [3.8, 4) is 33.4 Å². The second-order valence-electron chi connectivity index (χ2n) is 14.3. The second kappa shape index (κ2) is 11.6. The van der Waals surface area contributed by atoms with Gasteiger partial charge >= 0.3 is 0 Å². The molecule has 0 unspecified atom stereocenters. The van der Waals surface area contributed by atoms with E-state index in [-0.39, 0.29) is 0 Å². The Bertz CT molecular complexity index is 3430. The summed E-state index contributed by atoms with van der Waals surface area (Å²) in [5, 5.41) is 15.7. The Labute approximate surface area is 319 Å². The maximum atomic E-state index is 2.45. The SMILES string of the molecule is c1ccc(-c2c3ccccc3c(-c3ccc4cc(-c5cc6sc7ccc8c9ccccc9sc8c7c6c6ccccc56)ccc4c3)c3ccccc23)cc1. The molecule has 0 nitrogen and oxygen atoms in total. The minimum atomic E-state index is 1.24. The van der Waals surface area contributed by atoms with E-state index >= 15 is 0 Å². The molecule has 0 amide bonds. The Morgan fingerprint density at radius 1 is 0.278 bits per heavy atom. The highest BCUT2D eigenvalue weighted by molar-refractivity contribution is 7.30. The summed E-state index contributed by atoms with van der Waals surface area (Å²) in [6.45, 7) is 0. The summed E-state index contributed by atoms with van der Waals surface area (Å²) in [6.07, 6.45) is 0. The first-order valence-corrected chi connectivity index (χ1v) is 20.1. The fourth-order valence-corrected chi connectivity index (χ4v) is 11.6. The number of benzene rings is 10. The van der Waals surface area contributed by atoms with E-state index in [9.17, 15) is 0 Å². The van der Waals surface area contributed by atoms with Gasteiger partial charge in [0, 0.05) is 40.3 Å². The normalized spacial score (nSPS) is 12.1. The topological polar surface area (TPSA) is 0 Å². The number of rotatable bonds is 3. The van der Waals surface area contributed by atoms with Gasteiger partial charge in [-0.3, -0.25) is 0 Å². The van der Waals surface area contributed by atoms with Crippen LogP contribution in [0.2, 0.25) is 0 Å². The molecule has 2 heterocycles. The molecule has 0 spiro atoms. The molecular weight excluding hydrogens is 689 g/mol. The molecule has 0 fully saturated rings. The molecule has 250 valence electrons. The maximum absolute atomic E-state index is 2.45. The molecule has 0 radical (unpaired) electrons. The van der Waals surface area contributed by atoms with Crippen LogP contribution in [-0.2, 0) is 0 Å². The van der Waals surface area contributed by atoms with Crippen molar-refractivity contribution in [2.45, 2.75) is 0 Å². The Balaban J connectivity index is 1.04. The molecule has 0 aliphatic heterocycles. The summed E-state index contributed by atoms with van der Waals surface area (Å²) in [5.41, 5.74) is 7.62. The Hall–Kier alpha value is -6.32. The zero-order valence-electron chi connectivity index (χ0n) is 29.1. The van der Waals surface area contributed by atoms with Crippen LogP contribution in [0.25, 0.3) is 117 Å². The third-order valence-electron chi connectivity index (χ3n) is 11.4. The van der Waals surface area contributed by atoms with Gasteiger partial charge in [0.05, 0.1) is 0 Å². The fraction of sp³-hybridized carbons (Fsp3) is 0. The van der Waals surface area contributed by atoms with E-state index in [1.807, 2.05) is 22.7 Å². The molecule has 0 bridgehead atoms. The van der Waals surface area contributed by atoms with E-state index in [0.717, 1.165) is 0 Å². The lowest BCUT2D eigenvalue weighted by molar-refractivity contribution is 1.66. The highest BCUT2D eigenvalue weighted by Crippen LogP contribution is 2.49. The predicted molar refractivity (Wildman–Crippen MR) is 239 cm³/mol. The van der Waals surface area contributed by atoms with Gasteiger partial charge in [0.1, 0.15) is 0 Å². The van der Waals surface area contributed by atoms with E-state index in [1.54, 1.807) is 0 Å². The zero-order valence-corrected chi connectivity index (χ0v) is 30.8. The van der Waals surface area contributed by atoms with Crippen molar-refractivity contribution in [3.05, 3.63) is 182 Å². The average molecular weight is 719 g/mol. The van der Waals surface area contributed by atoms with Crippen molar-refractivity contribution in [2.75, 3.05) is 0 Å². The van der Waals surface area contributed by atoms with Crippen molar-refractivity contribution in [3.63, 3.8) is 0 Å². The maximum Gasteiger partial charge on any atom is 0.0448 e. The van der Waals surface area contributed by atoms with Crippen LogP contribution in [0.3, 0.4) is 0 Å². The standard InChI is InChI=1S/C52H30S2/c1-2-12-31(13-3-1)48-39-17-6-8-19-41(39)49(42-20-9-7-18-40(42)48)35-25-23-32-28-34(24-22-33(32)29-35)44-30-47-50(38-16-5-4-14-36(38)44)51-46(53-47)27-26-43-37-15-10-11-21-45(37)54-52(43)51/h1-30H. The summed E-state index contributed by atoms with van der Waals surface area (Å²) in [5.74, 6) is 0. The van der Waals surface area contributed by atoms with Gasteiger partial charge in [-0.05, 0) is 107 Å². The van der Waals surface area contributed by atoms with Crippen molar-refractivity contribution in [1.82, 2.24) is 0 Å². The molecule has 10 aromatic carbocycles. The van der Waals surface area contributed by atoms with Gasteiger partial charge in [0.15, 0.2) is 0 Å². The summed E-state index contributed by atoms with van der Waals surface area (Å²) in [4.78, 5) is 0. The number of fused-ring (bicyclic) bond motifs is 12. The molecule has 0 saturated heterocycles. The Morgan fingerprint density at radius 2 is 0.833 bits per heavy atom. The van der Waals surface area contributed by atoms with Crippen LogP contribution >= 0.6 is 22.7 Å².